The lowest BCUT2D eigenvalue weighted by Crippen LogP contribution is -2.35. The van der Waals surface area contributed by atoms with E-state index >= 15 is 0 Å². The summed E-state index contributed by atoms with van der Waals surface area (Å²) in [7, 11) is 0. The van der Waals surface area contributed by atoms with Gasteiger partial charge in [-0.05, 0) is 42.6 Å². The molecule has 0 spiro atoms. The van der Waals surface area contributed by atoms with Gasteiger partial charge in [0.25, 0.3) is 0 Å². The quantitative estimate of drug-likeness (QED) is 0.898. The van der Waals surface area contributed by atoms with Gasteiger partial charge in [0, 0.05) is 6.20 Å². The van der Waals surface area contributed by atoms with Crippen molar-refractivity contribution in [2.24, 2.45) is 0 Å². The van der Waals surface area contributed by atoms with Gasteiger partial charge < -0.3 is 10.6 Å². The number of amides is 1. The predicted molar refractivity (Wildman–Crippen MR) is 79.3 cm³/mol. The van der Waals surface area contributed by atoms with Gasteiger partial charge in [0.1, 0.15) is 5.82 Å². The monoisotopic (exact) mass is 267 g/mol. The Hall–Kier alpha value is -2.20. The molecule has 1 aliphatic rings. The van der Waals surface area contributed by atoms with Crippen molar-refractivity contribution in [3.05, 3.63) is 48.7 Å². The van der Waals surface area contributed by atoms with Crippen LogP contribution in [0.5, 0.6) is 0 Å². The Kier molecular flexibility index (Phi) is 3.74. The topological polar surface area (TPSA) is 54.0 Å². The van der Waals surface area contributed by atoms with Gasteiger partial charge in [-0.15, -0.1) is 0 Å². The molecule has 2 aromatic rings. The molecule has 0 aliphatic carbocycles. The molecular formula is C16H17N3O. The Morgan fingerprint density at radius 3 is 2.80 bits per heavy atom. The molecule has 1 saturated heterocycles. The molecule has 2 heterocycles. The summed E-state index contributed by atoms with van der Waals surface area (Å²) in [4.78, 5) is 16.3. The number of carbonyl (C=O) groups excluding carboxylic acids is 1. The molecule has 1 fully saturated rings. The van der Waals surface area contributed by atoms with Crippen molar-refractivity contribution < 1.29 is 4.79 Å². The van der Waals surface area contributed by atoms with Crippen LogP contribution in [-0.2, 0) is 4.79 Å². The molecule has 1 aromatic heterocycles. The summed E-state index contributed by atoms with van der Waals surface area (Å²) >= 11 is 0. The van der Waals surface area contributed by atoms with E-state index in [1.807, 2.05) is 42.5 Å². The maximum atomic E-state index is 12.0. The minimum absolute atomic E-state index is 0.000196. The summed E-state index contributed by atoms with van der Waals surface area (Å²) in [6.45, 7) is 0.912. The molecule has 0 radical (unpaired) electrons. The van der Waals surface area contributed by atoms with E-state index in [1.165, 1.54) is 0 Å². The van der Waals surface area contributed by atoms with Gasteiger partial charge in [-0.25, -0.2) is 4.98 Å². The van der Waals surface area contributed by atoms with Crippen LogP contribution in [0.2, 0.25) is 0 Å². The molecule has 1 atom stereocenters. The zero-order valence-corrected chi connectivity index (χ0v) is 11.2. The lowest BCUT2D eigenvalue weighted by atomic mass is 10.1. The van der Waals surface area contributed by atoms with Crippen LogP contribution in [0.25, 0.3) is 11.1 Å². The smallest absolute Gasteiger partial charge is 0.242 e. The number of nitrogens with one attached hydrogen (secondary N) is 2. The zero-order chi connectivity index (χ0) is 13.8. The highest BCUT2D eigenvalue weighted by Crippen LogP contribution is 2.21. The van der Waals surface area contributed by atoms with Gasteiger partial charge in [0.05, 0.1) is 6.04 Å². The van der Waals surface area contributed by atoms with Gasteiger partial charge in [-0.2, -0.15) is 0 Å². The fraction of sp³-hybridized carbons (Fsp3) is 0.250. The summed E-state index contributed by atoms with van der Waals surface area (Å²) in [5, 5.41) is 6.06. The lowest BCUT2D eigenvalue weighted by molar-refractivity contribution is -0.117. The summed E-state index contributed by atoms with van der Waals surface area (Å²) in [6, 6.07) is 13.8. The van der Waals surface area contributed by atoms with Crippen molar-refractivity contribution in [1.29, 1.82) is 0 Å². The second-order valence-corrected chi connectivity index (χ2v) is 4.93. The molecule has 0 saturated carbocycles. The van der Waals surface area contributed by atoms with Crippen molar-refractivity contribution in [2.75, 3.05) is 11.9 Å². The number of carbonyl (C=O) groups is 1. The first-order chi connectivity index (χ1) is 9.83. The molecule has 3 rings (SSSR count). The van der Waals surface area contributed by atoms with Crippen LogP contribution >= 0.6 is 0 Å². The van der Waals surface area contributed by atoms with E-state index < -0.39 is 0 Å². The highest BCUT2D eigenvalue weighted by atomic mass is 16.2. The number of hydrogen-bond donors (Lipinski definition) is 2. The Balaban J connectivity index is 1.76. The van der Waals surface area contributed by atoms with Gasteiger partial charge in [0.2, 0.25) is 5.91 Å². The van der Waals surface area contributed by atoms with Crippen LogP contribution < -0.4 is 10.6 Å². The third-order valence-electron chi connectivity index (χ3n) is 3.50. The van der Waals surface area contributed by atoms with Gasteiger partial charge in [-0.1, -0.05) is 30.3 Å². The summed E-state index contributed by atoms with van der Waals surface area (Å²) in [6.07, 6.45) is 3.67. The van der Waals surface area contributed by atoms with Crippen molar-refractivity contribution in [3.63, 3.8) is 0 Å². The first-order valence-corrected chi connectivity index (χ1v) is 6.89. The van der Waals surface area contributed by atoms with E-state index in [-0.39, 0.29) is 11.9 Å². The van der Waals surface area contributed by atoms with Gasteiger partial charge in [0.15, 0.2) is 0 Å². The molecule has 2 N–H and O–H groups in total. The molecule has 20 heavy (non-hydrogen) atoms. The average Bonchev–Trinajstić information content (AvgIpc) is 3.03. The van der Waals surface area contributed by atoms with E-state index in [2.05, 4.69) is 15.6 Å². The Morgan fingerprint density at radius 2 is 2.05 bits per heavy atom. The number of benzene rings is 1. The summed E-state index contributed by atoms with van der Waals surface area (Å²) < 4.78 is 0. The van der Waals surface area contributed by atoms with Gasteiger partial charge >= 0.3 is 0 Å². The average molecular weight is 267 g/mol. The number of pyridine rings is 1. The molecule has 1 amide bonds. The molecule has 1 aliphatic heterocycles. The second kappa shape index (κ2) is 5.84. The fourth-order valence-corrected chi connectivity index (χ4v) is 2.43. The summed E-state index contributed by atoms with van der Waals surface area (Å²) in [5.74, 6) is 0.602. The van der Waals surface area contributed by atoms with E-state index in [9.17, 15) is 4.79 Å². The standard InChI is InChI=1S/C16H17N3O/c20-16(14-7-4-9-17-14)19-15-11-13(8-10-18-15)12-5-2-1-3-6-12/h1-3,5-6,8,10-11,14,17H,4,7,9H2,(H,18,19,20). The highest BCUT2D eigenvalue weighted by Gasteiger charge is 2.22. The number of anilines is 1. The Labute approximate surface area is 118 Å². The zero-order valence-electron chi connectivity index (χ0n) is 11.2. The normalized spacial score (nSPS) is 17.9. The molecule has 0 bridgehead atoms. The van der Waals surface area contributed by atoms with E-state index in [4.69, 9.17) is 0 Å². The van der Waals surface area contributed by atoms with Crippen LogP contribution in [0, 0.1) is 0 Å². The first-order valence-electron chi connectivity index (χ1n) is 6.89. The van der Waals surface area contributed by atoms with Crippen molar-refractivity contribution in [2.45, 2.75) is 18.9 Å². The maximum Gasteiger partial charge on any atom is 0.242 e. The van der Waals surface area contributed by atoms with Crippen LogP contribution in [-0.4, -0.2) is 23.5 Å². The lowest BCUT2D eigenvalue weighted by Gasteiger charge is -2.11. The molecule has 102 valence electrons. The SMILES string of the molecule is O=C(Nc1cc(-c2ccccc2)ccn1)C1CCCN1. The minimum Gasteiger partial charge on any atom is -0.309 e. The molecule has 1 aromatic carbocycles. The number of nitrogens with zero attached hydrogens (tertiary/aromatic N) is 1. The fourth-order valence-electron chi connectivity index (χ4n) is 2.43. The van der Waals surface area contributed by atoms with E-state index in [0.717, 1.165) is 30.5 Å². The maximum absolute atomic E-state index is 12.0. The van der Waals surface area contributed by atoms with Crippen molar-refractivity contribution >= 4 is 11.7 Å². The third kappa shape index (κ3) is 2.86. The van der Waals surface area contributed by atoms with Gasteiger partial charge in [-0.3, -0.25) is 4.79 Å². The van der Waals surface area contributed by atoms with Crippen molar-refractivity contribution in [3.8, 4) is 11.1 Å². The van der Waals surface area contributed by atoms with E-state index in [1.54, 1.807) is 6.20 Å². The Morgan fingerprint density at radius 1 is 1.20 bits per heavy atom. The predicted octanol–water partition coefficient (Wildman–Crippen LogP) is 2.44. The third-order valence-corrected chi connectivity index (χ3v) is 3.50. The van der Waals surface area contributed by atoms with Crippen LogP contribution in [0.15, 0.2) is 48.7 Å². The minimum atomic E-state index is -0.0859. The second-order valence-electron chi connectivity index (χ2n) is 4.93. The largest absolute Gasteiger partial charge is 0.309 e. The molecular weight excluding hydrogens is 250 g/mol. The molecule has 4 heteroatoms. The highest BCUT2D eigenvalue weighted by molar-refractivity contribution is 5.94. The van der Waals surface area contributed by atoms with Crippen LogP contribution in [0.1, 0.15) is 12.8 Å². The first kappa shape index (κ1) is 12.8. The molecule has 1 unspecified atom stereocenters. The number of aromatic nitrogens is 1. The van der Waals surface area contributed by atoms with E-state index in [0.29, 0.717) is 5.82 Å². The van der Waals surface area contributed by atoms with Crippen LogP contribution in [0.3, 0.4) is 0 Å². The number of hydrogen-bond acceptors (Lipinski definition) is 3. The van der Waals surface area contributed by atoms with Crippen molar-refractivity contribution in [1.82, 2.24) is 10.3 Å². The summed E-state index contributed by atoms with van der Waals surface area (Å²) in [5.41, 5.74) is 2.17. The van der Waals surface area contributed by atoms with Crippen LogP contribution in [0.4, 0.5) is 5.82 Å². The molecule has 4 nitrogen and oxygen atoms in total. The Bertz CT molecular complexity index is 592. The number of rotatable bonds is 3.